The molecule has 39 heteroatoms. The van der Waals surface area contributed by atoms with Crippen molar-refractivity contribution in [1.82, 2.24) is 50.3 Å². The van der Waals surface area contributed by atoms with Gasteiger partial charge in [0.05, 0.1) is 94.1 Å². The molecule has 0 unspecified atom stereocenters. The lowest BCUT2D eigenvalue weighted by atomic mass is 9.86. The zero-order chi connectivity index (χ0) is 85.6. The Bertz CT molecular complexity index is 4880. The summed E-state index contributed by atoms with van der Waals surface area (Å²) in [7, 11) is -0.706. The van der Waals surface area contributed by atoms with E-state index in [0.717, 1.165) is 40.5 Å². The SMILES string of the molecule is CCn1c2c(c3cc(NC(=O)CCC(=O)N[C@@H](CS(=O)(=O)O)C(=O)NCCOCCOCCOCCOCCC(=O)N[C@H](C(=O)N[C@@H](C)C(=O)Nc4ccc(COC(=O)N(CCc5c6c(nc7ccccc57)-c5cc7c(c(=O)n5C6)COC(=O)[C@]7(O)CC)C(C)C)cc4O[C@@H]4O[C@H](C(=O)O)[C@@H](O)[C@H](O)[C@H]4O)C(C)C)ccc31)CN(C)N(C)C2. The Morgan fingerprint density at radius 1 is 0.712 bits per heavy atom. The van der Waals surface area contributed by atoms with E-state index in [1.165, 1.54) is 40.3 Å². The molecule has 7 amide bonds. The predicted molar refractivity (Wildman–Crippen MR) is 422 cm³/mol. The number of amides is 7. The molecule has 118 heavy (non-hydrogen) atoms. The molecule has 3 aromatic heterocycles. The molecule has 9 atom stereocenters. The van der Waals surface area contributed by atoms with Gasteiger partial charge >= 0.3 is 18.0 Å². The zero-order valence-electron chi connectivity index (χ0n) is 67.1. The summed E-state index contributed by atoms with van der Waals surface area (Å²) in [5.41, 5.74) is 4.85. The highest BCUT2D eigenvalue weighted by Crippen LogP contribution is 2.42. The van der Waals surface area contributed by atoms with Gasteiger partial charge in [-0.2, -0.15) is 8.42 Å². The van der Waals surface area contributed by atoms with Gasteiger partial charge in [-0.05, 0) is 106 Å². The van der Waals surface area contributed by atoms with Crippen LogP contribution in [0.5, 0.6) is 5.75 Å². The Balaban J connectivity index is 0.632. The van der Waals surface area contributed by atoms with Crippen molar-refractivity contribution in [3.05, 3.63) is 116 Å². The number of rotatable bonds is 40. The van der Waals surface area contributed by atoms with Crippen molar-refractivity contribution in [2.45, 2.75) is 180 Å². The highest BCUT2D eigenvalue weighted by atomic mass is 32.2. The topological polar surface area (TPSA) is 505 Å². The lowest BCUT2D eigenvalue weighted by Crippen LogP contribution is -2.61. The van der Waals surface area contributed by atoms with Crippen LogP contribution in [0.1, 0.15) is 113 Å². The maximum atomic E-state index is 14.2. The molecule has 0 bridgehead atoms. The second-order valence-electron chi connectivity index (χ2n) is 29.8. The second kappa shape index (κ2) is 40.1. The molecular formula is C79H104N12O26S. The summed E-state index contributed by atoms with van der Waals surface area (Å²) < 4.78 is 81.5. The van der Waals surface area contributed by atoms with Crippen LogP contribution in [0.4, 0.5) is 16.2 Å². The zero-order valence-corrected chi connectivity index (χ0v) is 67.9. The number of pyridine rings is 2. The molecule has 3 aromatic carbocycles. The summed E-state index contributed by atoms with van der Waals surface area (Å²) in [4.78, 5) is 139. The second-order valence-corrected chi connectivity index (χ2v) is 31.3. The van der Waals surface area contributed by atoms with Gasteiger partial charge in [0, 0.05) is 104 Å². The Hall–Kier alpha value is -10.1. The van der Waals surface area contributed by atoms with Crippen molar-refractivity contribution >= 4 is 96.8 Å². The molecule has 12 N–H and O–H groups in total. The number of benzene rings is 3. The number of carboxylic acids is 1. The van der Waals surface area contributed by atoms with Crippen LogP contribution in [0.2, 0.25) is 0 Å². The van der Waals surface area contributed by atoms with Gasteiger partial charge in [-0.15, -0.1) is 0 Å². The number of hydrazine groups is 1. The summed E-state index contributed by atoms with van der Waals surface area (Å²) in [6.07, 6.45) is -11.6. The molecule has 4 aliphatic rings. The molecule has 6 aromatic rings. The smallest absolute Gasteiger partial charge is 0.410 e. The molecule has 642 valence electrons. The van der Waals surface area contributed by atoms with Crippen LogP contribution in [0.25, 0.3) is 33.2 Å². The Morgan fingerprint density at radius 3 is 2.05 bits per heavy atom. The minimum atomic E-state index is -4.72. The molecule has 1 saturated heterocycles. The van der Waals surface area contributed by atoms with Gasteiger partial charge in [0.1, 0.15) is 61.2 Å². The minimum absolute atomic E-state index is 0.0220. The van der Waals surface area contributed by atoms with Crippen LogP contribution < -0.4 is 42.2 Å². The number of ether oxygens (including phenoxy) is 8. The van der Waals surface area contributed by atoms with Crippen LogP contribution >= 0.6 is 0 Å². The number of hydrogen-bond donors (Lipinski definition) is 12. The molecular weight excluding hydrogens is 1560 g/mol. The summed E-state index contributed by atoms with van der Waals surface area (Å²) in [6, 6.07) is 14.1. The molecule has 38 nitrogen and oxygen atoms in total. The monoisotopic (exact) mass is 1670 g/mol. The standard InChI is InChI=1S/C79H104N12O26S/c1-10-79(106)54-36-59-66-52(38-91(59)74(101)53(54)41-114-77(79)104)48(49-14-12-13-15-55(49)84-66)22-25-90(44(5)6)78(105)115-40-46-16-18-56(61(34-46)116-76-69(97)67(95)68(96)70(117-76)75(102)103)85-71(98)45(7)81-73(100)65(43(3)4)86-64(94)23-26-110-28-30-112-32-33-113-31-29-111-27-24-80-72(99)57(42-118(107,108)109)83-63(93)21-20-62(92)82-47-17-19-58-50(35-47)51-37-87(8)88(9)39-60(51)89(58)11-2/h12-19,34-36,43-45,57,65,67-70,76,95-97,106H,10-11,20-33,37-42H2,1-9H3,(H,80,99)(H,81,100)(H,82,92)(H,83,93)(H,85,98)(H,86,94)(H,102,103)(H,107,108,109)/t45-,57-,65-,67-,68-,69+,70-,76+,79-/m0/s1. The van der Waals surface area contributed by atoms with Crippen molar-refractivity contribution < 1.29 is 120 Å². The molecule has 1 fully saturated rings. The molecule has 0 aliphatic carbocycles. The van der Waals surface area contributed by atoms with Crippen LogP contribution in [0.3, 0.4) is 0 Å². The maximum absolute atomic E-state index is 14.2. The van der Waals surface area contributed by atoms with Crippen LogP contribution in [-0.4, -0.2) is 262 Å². The van der Waals surface area contributed by atoms with E-state index < -0.39 is 148 Å². The first kappa shape index (κ1) is 90.2. The van der Waals surface area contributed by atoms with Gasteiger partial charge in [-0.1, -0.05) is 45.0 Å². The number of carboxylic acid groups (broad SMARTS) is 1. The average molecular weight is 1670 g/mol. The third-order valence-electron chi connectivity index (χ3n) is 20.9. The van der Waals surface area contributed by atoms with E-state index in [9.17, 15) is 86.4 Å². The van der Waals surface area contributed by atoms with Gasteiger partial charge in [0.2, 0.25) is 41.7 Å². The number of aryl methyl sites for hydroxylation is 1. The van der Waals surface area contributed by atoms with Gasteiger partial charge in [-0.3, -0.25) is 38.1 Å². The largest absolute Gasteiger partial charge is 0.479 e. The summed E-state index contributed by atoms with van der Waals surface area (Å²) in [6.45, 7) is 14.3. The fourth-order valence-electron chi connectivity index (χ4n) is 14.3. The molecule has 7 heterocycles. The number of anilines is 2. The van der Waals surface area contributed by atoms with Crippen molar-refractivity contribution in [3.63, 3.8) is 0 Å². The lowest BCUT2D eigenvalue weighted by Gasteiger charge is -2.38. The number of cyclic esters (lactones) is 1. The highest BCUT2D eigenvalue weighted by Gasteiger charge is 2.49. The van der Waals surface area contributed by atoms with Crippen LogP contribution in [-0.2, 0) is 133 Å². The number of hydrogen-bond acceptors (Lipinski definition) is 27. The van der Waals surface area contributed by atoms with E-state index in [0.29, 0.717) is 34.7 Å². The molecule has 10 rings (SSSR count). The first-order valence-corrected chi connectivity index (χ1v) is 40.5. The van der Waals surface area contributed by atoms with E-state index in [1.807, 2.05) is 50.5 Å². The number of aliphatic carboxylic acids is 1. The number of carbonyl (C=O) groups excluding carboxylic acids is 8. The number of aliphatic hydroxyl groups is 4. The number of aliphatic hydroxyl groups excluding tert-OH is 3. The normalized spacial score (nSPS) is 19.3. The van der Waals surface area contributed by atoms with E-state index >= 15 is 0 Å². The first-order valence-electron chi connectivity index (χ1n) is 38.9. The fourth-order valence-corrected chi connectivity index (χ4v) is 15.0. The van der Waals surface area contributed by atoms with Crippen molar-refractivity contribution in [3.8, 4) is 17.1 Å². The van der Waals surface area contributed by atoms with Crippen molar-refractivity contribution in [2.75, 3.05) is 96.4 Å². The third-order valence-corrected chi connectivity index (χ3v) is 21.6. The third kappa shape index (κ3) is 21.8. The minimum Gasteiger partial charge on any atom is -0.479 e. The summed E-state index contributed by atoms with van der Waals surface area (Å²) in [5.74, 6) is -8.74. The molecule has 4 aliphatic heterocycles. The molecule has 0 spiro atoms. The summed E-state index contributed by atoms with van der Waals surface area (Å²) >= 11 is 0. The summed E-state index contributed by atoms with van der Waals surface area (Å²) in [5, 5.41) is 74.8. The van der Waals surface area contributed by atoms with Gasteiger partial charge in [-0.25, -0.2) is 29.4 Å². The van der Waals surface area contributed by atoms with Crippen LogP contribution in [0, 0.1) is 5.92 Å². The quantitative estimate of drug-likeness (QED) is 0.0148. The highest BCUT2D eigenvalue weighted by molar-refractivity contribution is 7.85. The maximum Gasteiger partial charge on any atom is 0.410 e. The van der Waals surface area contributed by atoms with E-state index in [2.05, 4.69) is 53.4 Å². The Morgan fingerprint density at radius 2 is 1.38 bits per heavy atom. The number of para-hydroxylation sites is 1. The molecule has 0 saturated carbocycles. The first-order chi connectivity index (χ1) is 56.1. The molecule has 0 radical (unpaired) electrons. The number of nitrogens with one attached hydrogen (secondary N) is 6. The average Bonchev–Trinajstić information content (AvgIpc) is 1.55. The van der Waals surface area contributed by atoms with Gasteiger partial charge in [0.25, 0.3) is 15.7 Å². The number of aromatic nitrogens is 3. The number of carbonyl (C=O) groups is 9. The Kier molecular flexibility index (Phi) is 30.6. The van der Waals surface area contributed by atoms with Gasteiger partial charge < -0.3 is 109 Å². The van der Waals surface area contributed by atoms with Crippen molar-refractivity contribution in [1.29, 1.82) is 0 Å². The number of esters is 1. The van der Waals surface area contributed by atoms with Crippen molar-refractivity contribution in [2.24, 2.45) is 5.92 Å². The number of fused-ring (bicyclic) bond motifs is 8. The fraction of sp³-hybridized carbons (Fsp3) is 0.532. The van der Waals surface area contributed by atoms with Gasteiger partial charge in [0.15, 0.2) is 11.7 Å². The predicted octanol–water partition coefficient (Wildman–Crippen LogP) is 1.66. The lowest BCUT2D eigenvalue weighted by molar-refractivity contribution is -0.271. The van der Waals surface area contributed by atoms with E-state index in [4.69, 9.17) is 42.9 Å². The van der Waals surface area contributed by atoms with E-state index in [1.54, 1.807) is 46.8 Å². The van der Waals surface area contributed by atoms with E-state index in [-0.39, 0.29) is 139 Å². The van der Waals surface area contributed by atoms with Crippen LogP contribution in [0.15, 0.2) is 71.5 Å². The Labute approximate surface area is 679 Å². The number of nitrogens with zero attached hydrogens (tertiary/aromatic N) is 6.